The lowest BCUT2D eigenvalue weighted by molar-refractivity contribution is 0.560. The van der Waals surface area contributed by atoms with E-state index in [2.05, 4.69) is 15.0 Å². The summed E-state index contributed by atoms with van der Waals surface area (Å²) in [5, 5.41) is 3.11. The van der Waals surface area contributed by atoms with Crippen LogP contribution in [0.1, 0.15) is 32.3 Å². The van der Waals surface area contributed by atoms with Crippen LogP contribution in [0.5, 0.6) is 0 Å². The molecule has 1 saturated carbocycles. The minimum absolute atomic E-state index is 0. The van der Waals surface area contributed by atoms with Crippen molar-refractivity contribution < 1.29 is 8.42 Å². The summed E-state index contributed by atoms with van der Waals surface area (Å²) in [7, 11) is -3.43. The molecule has 23 heavy (non-hydrogen) atoms. The highest BCUT2D eigenvalue weighted by Crippen LogP contribution is 2.18. The third-order valence-electron chi connectivity index (χ3n) is 3.28. The first-order valence-corrected chi connectivity index (χ1v) is 9.00. The van der Waals surface area contributed by atoms with Crippen molar-refractivity contribution in [2.24, 2.45) is 16.6 Å². The van der Waals surface area contributed by atoms with E-state index >= 15 is 0 Å². The number of halogens is 1. The van der Waals surface area contributed by atoms with Crippen molar-refractivity contribution >= 4 is 40.0 Å². The van der Waals surface area contributed by atoms with Crippen LogP contribution in [0.3, 0.4) is 0 Å². The van der Waals surface area contributed by atoms with E-state index < -0.39 is 10.0 Å². The lowest BCUT2D eigenvalue weighted by Crippen LogP contribution is -2.33. The number of benzene rings is 1. The van der Waals surface area contributed by atoms with Gasteiger partial charge in [0.25, 0.3) is 0 Å². The van der Waals surface area contributed by atoms with Gasteiger partial charge in [-0.05, 0) is 36.5 Å². The van der Waals surface area contributed by atoms with Crippen molar-refractivity contribution in [2.45, 2.75) is 44.2 Å². The van der Waals surface area contributed by atoms with Crippen molar-refractivity contribution in [2.75, 3.05) is 6.54 Å². The topological polar surface area (TPSA) is 96.6 Å². The number of aliphatic imine (C=N–C) groups is 1. The first-order chi connectivity index (χ1) is 10.4. The van der Waals surface area contributed by atoms with Gasteiger partial charge >= 0.3 is 0 Å². The molecule has 1 aromatic rings. The van der Waals surface area contributed by atoms with Crippen LogP contribution >= 0.6 is 24.0 Å². The molecule has 0 saturated heterocycles. The predicted molar refractivity (Wildman–Crippen MR) is 103 cm³/mol. The van der Waals surface area contributed by atoms with Gasteiger partial charge in [0, 0.05) is 12.6 Å². The van der Waals surface area contributed by atoms with Crippen LogP contribution in [0.4, 0.5) is 0 Å². The van der Waals surface area contributed by atoms with E-state index in [-0.39, 0.29) is 34.8 Å². The Kier molecular flexibility index (Phi) is 7.75. The number of guanidine groups is 1. The van der Waals surface area contributed by atoms with Crippen molar-refractivity contribution in [3.8, 4) is 0 Å². The average molecular weight is 452 g/mol. The fourth-order valence-electron chi connectivity index (χ4n) is 1.79. The van der Waals surface area contributed by atoms with E-state index in [1.165, 1.54) is 0 Å². The van der Waals surface area contributed by atoms with Gasteiger partial charge in [0.1, 0.15) is 0 Å². The molecule has 0 atom stereocenters. The third kappa shape index (κ3) is 7.05. The molecule has 0 aliphatic heterocycles. The molecule has 0 heterocycles. The SMILES string of the molecule is CC(C)CNS(=O)(=O)c1ccc(CN=C(N)NC2CC2)cc1.I. The first-order valence-electron chi connectivity index (χ1n) is 7.52. The van der Waals surface area contributed by atoms with Crippen LogP contribution in [-0.4, -0.2) is 27.0 Å². The Morgan fingerprint density at radius 2 is 1.91 bits per heavy atom. The molecule has 1 aromatic carbocycles. The lowest BCUT2D eigenvalue weighted by atomic mass is 10.2. The van der Waals surface area contributed by atoms with Gasteiger partial charge in [-0.2, -0.15) is 0 Å². The van der Waals surface area contributed by atoms with Crippen molar-refractivity contribution in [1.82, 2.24) is 10.0 Å². The van der Waals surface area contributed by atoms with Gasteiger partial charge in [-0.1, -0.05) is 26.0 Å². The Morgan fingerprint density at radius 3 is 2.43 bits per heavy atom. The van der Waals surface area contributed by atoms with Crippen LogP contribution < -0.4 is 15.8 Å². The van der Waals surface area contributed by atoms with E-state index in [0.717, 1.165) is 18.4 Å². The molecule has 8 heteroatoms. The Bertz CT molecular complexity index is 625. The zero-order valence-electron chi connectivity index (χ0n) is 13.5. The predicted octanol–water partition coefficient (Wildman–Crippen LogP) is 1.81. The summed E-state index contributed by atoms with van der Waals surface area (Å²) in [5.74, 6) is 0.711. The molecule has 0 amide bonds. The molecule has 6 nitrogen and oxygen atoms in total. The van der Waals surface area contributed by atoms with E-state index in [1.807, 2.05) is 13.8 Å². The van der Waals surface area contributed by atoms with Crippen molar-refractivity contribution in [1.29, 1.82) is 0 Å². The van der Waals surface area contributed by atoms with Crippen molar-refractivity contribution in [3.05, 3.63) is 29.8 Å². The van der Waals surface area contributed by atoms with E-state index in [1.54, 1.807) is 24.3 Å². The highest BCUT2D eigenvalue weighted by Gasteiger charge is 2.21. The Hall–Kier alpha value is -0.870. The molecule has 1 fully saturated rings. The normalized spacial score (nSPS) is 15.3. The molecule has 1 aliphatic rings. The Balaban J connectivity index is 0.00000264. The monoisotopic (exact) mass is 452 g/mol. The van der Waals surface area contributed by atoms with E-state index in [0.29, 0.717) is 25.1 Å². The van der Waals surface area contributed by atoms with Crippen LogP contribution in [0.15, 0.2) is 34.2 Å². The Labute approximate surface area is 155 Å². The summed E-state index contributed by atoms with van der Waals surface area (Å²) in [6, 6.07) is 7.19. The first kappa shape index (κ1) is 20.2. The van der Waals surface area contributed by atoms with Crippen molar-refractivity contribution in [3.63, 3.8) is 0 Å². The molecular weight excluding hydrogens is 427 g/mol. The van der Waals surface area contributed by atoms with Crippen LogP contribution in [0.25, 0.3) is 0 Å². The molecule has 0 radical (unpaired) electrons. The number of sulfonamides is 1. The highest BCUT2D eigenvalue weighted by molar-refractivity contribution is 14.0. The van der Waals surface area contributed by atoms with Gasteiger partial charge in [-0.15, -0.1) is 24.0 Å². The molecule has 2 rings (SSSR count). The Morgan fingerprint density at radius 1 is 1.30 bits per heavy atom. The number of hydrogen-bond donors (Lipinski definition) is 3. The smallest absolute Gasteiger partial charge is 0.240 e. The van der Waals surface area contributed by atoms with E-state index in [4.69, 9.17) is 5.73 Å². The van der Waals surface area contributed by atoms with Crippen LogP contribution in [0.2, 0.25) is 0 Å². The number of hydrogen-bond acceptors (Lipinski definition) is 3. The maximum absolute atomic E-state index is 12.1. The minimum atomic E-state index is -3.43. The second kappa shape index (κ2) is 8.84. The van der Waals surface area contributed by atoms with Gasteiger partial charge in [0.15, 0.2) is 5.96 Å². The summed E-state index contributed by atoms with van der Waals surface area (Å²) in [5.41, 5.74) is 6.68. The fourth-order valence-corrected chi connectivity index (χ4v) is 3.01. The molecule has 0 unspecified atom stereocenters. The van der Waals surface area contributed by atoms with E-state index in [9.17, 15) is 8.42 Å². The number of rotatable bonds is 7. The van der Waals surface area contributed by atoms with Gasteiger partial charge in [-0.25, -0.2) is 18.1 Å². The summed E-state index contributed by atoms with van der Waals surface area (Å²) in [4.78, 5) is 4.51. The lowest BCUT2D eigenvalue weighted by Gasteiger charge is -2.09. The minimum Gasteiger partial charge on any atom is -0.370 e. The fraction of sp³-hybridized carbons (Fsp3) is 0.533. The molecule has 130 valence electrons. The van der Waals surface area contributed by atoms with Gasteiger partial charge in [0.2, 0.25) is 10.0 Å². The third-order valence-corrected chi connectivity index (χ3v) is 4.72. The van der Waals surface area contributed by atoms with Crippen LogP contribution in [0, 0.1) is 5.92 Å². The average Bonchev–Trinajstić information content (AvgIpc) is 3.27. The second-order valence-corrected chi connectivity index (χ2v) is 7.78. The van der Waals surface area contributed by atoms with Crippen LogP contribution in [-0.2, 0) is 16.6 Å². The van der Waals surface area contributed by atoms with Gasteiger partial charge in [-0.3, -0.25) is 0 Å². The standard InChI is InChI=1S/C15H24N4O2S.HI/c1-11(2)9-18-22(20,21)14-7-3-12(4-8-14)10-17-15(16)19-13-5-6-13;/h3-4,7-8,11,13,18H,5-6,9-10H2,1-2H3,(H3,16,17,19);1H. The second-order valence-electron chi connectivity index (χ2n) is 6.01. The summed E-state index contributed by atoms with van der Waals surface area (Å²) in [6.45, 7) is 4.79. The quantitative estimate of drug-likeness (QED) is 0.334. The number of nitrogens with two attached hydrogens (primary N) is 1. The largest absolute Gasteiger partial charge is 0.370 e. The molecule has 1 aliphatic carbocycles. The highest BCUT2D eigenvalue weighted by atomic mass is 127. The van der Waals surface area contributed by atoms with Gasteiger partial charge < -0.3 is 11.1 Å². The molecule has 4 N–H and O–H groups in total. The summed E-state index contributed by atoms with van der Waals surface area (Å²) in [6.07, 6.45) is 2.29. The number of nitrogens with zero attached hydrogens (tertiary/aromatic N) is 1. The molecular formula is C15H25IN4O2S. The zero-order valence-corrected chi connectivity index (χ0v) is 16.6. The summed E-state index contributed by atoms with van der Waals surface area (Å²) >= 11 is 0. The maximum atomic E-state index is 12.1. The maximum Gasteiger partial charge on any atom is 0.240 e. The summed E-state index contributed by atoms with van der Waals surface area (Å²) < 4.78 is 26.7. The molecule has 0 aromatic heterocycles. The number of nitrogens with one attached hydrogen (secondary N) is 2. The van der Waals surface area contributed by atoms with Gasteiger partial charge in [0.05, 0.1) is 11.4 Å². The molecule has 0 spiro atoms. The molecule has 0 bridgehead atoms. The zero-order chi connectivity index (χ0) is 16.2.